The number of carbonyl (C=O) groups excluding carboxylic acids is 6. The Morgan fingerprint density at radius 2 is 0.824 bits per heavy atom. The topological polar surface area (TPSA) is 195 Å². The Bertz CT molecular complexity index is 2250. The fourth-order valence-electron chi connectivity index (χ4n) is 6.59. The van der Waals surface area contributed by atoms with Gasteiger partial charge in [0.1, 0.15) is 35.2 Å². The maximum Gasteiger partial charge on any atom is 0.343 e. The number of ether oxygens (including phenoxy) is 10. The van der Waals surface area contributed by atoms with Gasteiger partial charge in [0.2, 0.25) is 0 Å². The minimum absolute atomic E-state index is 0.0566. The van der Waals surface area contributed by atoms with E-state index < -0.39 is 60.2 Å². The van der Waals surface area contributed by atoms with E-state index in [9.17, 15) is 28.8 Å². The summed E-state index contributed by atoms with van der Waals surface area (Å²) >= 11 is 0. The van der Waals surface area contributed by atoms with Gasteiger partial charge in [0.25, 0.3) is 0 Å². The second-order valence-electron chi connectivity index (χ2n) is 15.0. The van der Waals surface area contributed by atoms with Gasteiger partial charge in [-0.25, -0.2) is 28.8 Å². The number of benzene rings is 4. The fraction of sp³-hybridized carbons (Fsp3) is 0.269. The van der Waals surface area contributed by atoms with Crippen LogP contribution >= 0.6 is 0 Å². The molecule has 0 radical (unpaired) electrons. The lowest BCUT2D eigenvalue weighted by atomic mass is 10.1. The summed E-state index contributed by atoms with van der Waals surface area (Å²) in [5.74, 6) is -1.50. The van der Waals surface area contributed by atoms with Crippen LogP contribution in [0.5, 0.6) is 23.0 Å². The number of hydrogen-bond donors (Lipinski definition) is 0. The molecule has 0 bridgehead atoms. The smallest absolute Gasteiger partial charge is 0.343 e. The number of carbonyl (C=O) groups is 6. The van der Waals surface area contributed by atoms with Crippen LogP contribution in [0.2, 0.25) is 0 Å². The molecule has 4 aromatic carbocycles. The average molecular weight is 931 g/mol. The predicted molar refractivity (Wildman–Crippen MR) is 245 cm³/mol. The SMILES string of the molecule is C=CC(=O)OCCCCOc1ccc(C(=O)Oc2ccc(/C=C/C(=O)O[C@@H]3COC4C3OC[C@H]4OC(=O)/C=C/c3ccc(OC(=O)c4ccc(OCCCCOC(=O)C=C)cc4)cc3)cc2)cc1. The van der Waals surface area contributed by atoms with Crippen molar-refractivity contribution in [3.63, 3.8) is 0 Å². The highest BCUT2D eigenvalue weighted by Crippen LogP contribution is 2.31. The number of esters is 6. The van der Waals surface area contributed by atoms with Gasteiger partial charge in [-0.2, -0.15) is 0 Å². The Morgan fingerprint density at radius 1 is 0.471 bits per heavy atom. The highest BCUT2D eigenvalue weighted by atomic mass is 16.7. The second kappa shape index (κ2) is 25.8. The molecule has 0 saturated carbocycles. The molecule has 6 rings (SSSR count). The maximum absolute atomic E-state index is 12.7. The molecule has 16 heteroatoms. The molecule has 0 spiro atoms. The molecule has 68 heavy (non-hydrogen) atoms. The van der Waals surface area contributed by atoms with Gasteiger partial charge in [0.15, 0.2) is 12.2 Å². The Labute approximate surface area is 392 Å². The van der Waals surface area contributed by atoms with E-state index in [-0.39, 0.29) is 26.4 Å². The molecule has 2 heterocycles. The molecule has 2 saturated heterocycles. The molecule has 2 unspecified atom stereocenters. The molecule has 0 aliphatic carbocycles. The molecule has 16 nitrogen and oxygen atoms in total. The van der Waals surface area contributed by atoms with Crippen LogP contribution < -0.4 is 18.9 Å². The summed E-state index contributed by atoms with van der Waals surface area (Å²) < 4.78 is 55.0. The van der Waals surface area contributed by atoms with Gasteiger partial charge in [-0.3, -0.25) is 0 Å². The molecular formula is C52H50O16. The summed E-state index contributed by atoms with van der Waals surface area (Å²) in [6.45, 7) is 8.22. The highest BCUT2D eigenvalue weighted by Gasteiger charge is 2.51. The van der Waals surface area contributed by atoms with Gasteiger partial charge in [-0.15, -0.1) is 0 Å². The first-order valence-corrected chi connectivity index (χ1v) is 21.8. The second-order valence-corrected chi connectivity index (χ2v) is 15.0. The molecule has 2 fully saturated rings. The van der Waals surface area contributed by atoms with Gasteiger partial charge in [0.05, 0.1) is 50.8 Å². The van der Waals surface area contributed by atoms with E-state index >= 15 is 0 Å². The normalized spacial score (nSPS) is 17.1. The zero-order chi connectivity index (χ0) is 48.1. The van der Waals surface area contributed by atoms with Gasteiger partial charge < -0.3 is 47.4 Å². The first-order chi connectivity index (χ1) is 33.1. The zero-order valence-electron chi connectivity index (χ0n) is 37.0. The van der Waals surface area contributed by atoms with E-state index in [4.69, 9.17) is 47.4 Å². The quantitative estimate of drug-likeness (QED) is 0.0224. The van der Waals surface area contributed by atoms with E-state index in [1.165, 1.54) is 12.2 Å². The Balaban J connectivity index is 0.860. The van der Waals surface area contributed by atoms with E-state index in [1.54, 1.807) is 109 Å². The van der Waals surface area contributed by atoms with Gasteiger partial charge in [-0.05, 0) is 122 Å². The largest absolute Gasteiger partial charge is 0.494 e. The summed E-state index contributed by atoms with van der Waals surface area (Å²) in [6.07, 6.45) is 7.82. The summed E-state index contributed by atoms with van der Waals surface area (Å²) in [7, 11) is 0. The zero-order valence-corrected chi connectivity index (χ0v) is 37.0. The van der Waals surface area contributed by atoms with Crippen molar-refractivity contribution in [2.45, 2.75) is 50.1 Å². The van der Waals surface area contributed by atoms with E-state index in [0.29, 0.717) is 84.1 Å². The lowest BCUT2D eigenvalue weighted by molar-refractivity contribution is -0.149. The molecule has 4 aromatic rings. The standard InChI is InChI=1S/C52H50O16/c1-3-45(53)61-31-7-5-29-59-39-23-15-37(16-24-39)51(57)65-41-19-9-35(10-20-41)13-27-47(55)67-43-33-63-50-44(34-64-49(43)50)68-48(56)28-14-36-11-21-42(22-12-36)66-52(58)38-17-25-40(26-18-38)60-30-6-8-32-62-46(54)4-2/h3-4,9-28,43-44,49-50H,1-2,5-8,29-34H2/b27-13+,28-14+/t43-,44-,49?,50?/m1/s1. The maximum atomic E-state index is 12.7. The van der Waals surface area contributed by atoms with Gasteiger partial charge >= 0.3 is 35.8 Å². The molecule has 2 aliphatic rings. The van der Waals surface area contributed by atoms with Crippen molar-refractivity contribution in [1.29, 1.82) is 0 Å². The first kappa shape index (κ1) is 49.6. The third-order valence-corrected chi connectivity index (χ3v) is 10.1. The lowest BCUT2D eigenvalue weighted by Gasteiger charge is -2.16. The van der Waals surface area contributed by atoms with E-state index in [2.05, 4.69) is 13.2 Å². The molecular weight excluding hydrogens is 881 g/mol. The van der Waals surface area contributed by atoms with Crippen LogP contribution in [0, 0.1) is 0 Å². The summed E-state index contributed by atoms with van der Waals surface area (Å²) in [6, 6.07) is 26.2. The number of rotatable bonds is 24. The van der Waals surface area contributed by atoms with Gasteiger partial charge in [-0.1, -0.05) is 37.4 Å². The summed E-state index contributed by atoms with van der Waals surface area (Å²) in [4.78, 5) is 73.0. The average Bonchev–Trinajstić information content (AvgIpc) is 3.95. The molecule has 354 valence electrons. The monoisotopic (exact) mass is 930 g/mol. The highest BCUT2D eigenvalue weighted by molar-refractivity contribution is 5.92. The summed E-state index contributed by atoms with van der Waals surface area (Å²) in [5.41, 5.74) is 1.97. The van der Waals surface area contributed by atoms with Crippen LogP contribution in [0.4, 0.5) is 0 Å². The van der Waals surface area contributed by atoms with Crippen LogP contribution in [0.25, 0.3) is 12.2 Å². The predicted octanol–water partition coefficient (Wildman–Crippen LogP) is 7.25. The number of hydrogen-bond acceptors (Lipinski definition) is 16. The van der Waals surface area contributed by atoms with Crippen molar-refractivity contribution >= 4 is 48.0 Å². The molecule has 2 aliphatic heterocycles. The third kappa shape index (κ3) is 15.7. The van der Waals surface area contributed by atoms with Crippen molar-refractivity contribution in [1.82, 2.24) is 0 Å². The van der Waals surface area contributed by atoms with Crippen LogP contribution in [-0.2, 0) is 47.6 Å². The van der Waals surface area contributed by atoms with Gasteiger partial charge in [0, 0.05) is 24.3 Å². The van der Waals surface area contributed by atoms with Crippen molar-refractivity contribution < 1.29 is 76.1 Å². The molecule has 0 amide bonds. The third-order valence-electron chi connectivity index (χ3n) is 10.1. The van der Waals surface area contributed by atoms with Crippen LogP contribution in [0.3, 0.4) is 0 Å². The lowest BCUT2D eigenvalue weighted by Crippen LogP contribution is -2.35. The fourth-order valence-corrected chi connectivity index (χ4v) is 6.59. The van der Waals surface area contributed by atoms with Crippen LogP contribution in [0.15, 0.2) is 135 Å². The number of fused-ring (bicyclic) bond motifs is 1. The minimum Gasteiger partial charge on any atom is -0.494 e. The Morgan fingerprint density at radius 3 is 1.19 bits per heavy atom. The van der Waals surface area contributed by atoms with Crippen molar-refractivity contribution in [2.75, 3.05) is 39.6 Å². The molecule has 4 atom stereocenters. The molecule has 0 N–H and O–H groups in total. The minimum atomic E-state index is -0.718. The number of unbranched alkanes of at least 4 members (excludes halogenated alkanes) is 2. The molecule has 0 aromatic heterocycles. The van der Waals surface area contributed by atoms with E-state index in [0.717, 1.165) is 12.2 Å². The summed E-state index contributed by atoms with van der Waals surface area (Å²) in [5, 5.41) is 0. The van der Waals surface area contributed by atoms with Crippen molar-refractivity contribution in [2.24, 2.45) is 0 Å². The van der Waals surface area contributed by atoms with Crippen molar-refractivity contribution in [3.05, 3.63) is 157 Å². The van der Waals surface area contributed by atoms with E-state index in [1.807, 2.05) is 0 Å². The Kier molecular flexibility index (Phi) is 18.8. The van der Waals surface area contributed by atoms with Crippen molar-refractivity contribution in [3.8, 4) is 23.0 Å². The first-order valence-electron chi connectivity index (χ1n) is 21.8. The van der Waals surface area contributed by atoms with Crippen LogP contribution in [-0.4, -0.2) is 99.9 Å². The Hall–Kier alpha value is -7.82. The van der Waals surface area contributed by atoms with Crippen LogP contribution in [0.1, 0.15) is 57.5 Å².